The molecule has 2 bridgehead atoms. The molecule has 3 aliphatic rings. The van der Waals surface area contributed by atoms with Crippen molar-refractivity contribution in [3.05, 3.63) is 83.4 Å². The molecule has 186 valence electrons. The first-order chi connectivity index (χ1) is 17.7. The molecule has 0 aromatic heterocycles. The Morgan fingerprint density at radius 3 is 2.33 bits per heavy atom. The molecule has 2 fully saturated rings. The zero-order valence-corrected chi connectivity index (χ0v) is 21.3. The zero-order chi connectivity index (χ0) is 24.5. The van der Waals surface area contributed by atoms with E-state index in [1.165, 1.54) is 16.0 Å². The van der Waals surface area contributed by atoms with Gasteiger partial charge in [0.1, 0.15) is 11.9 Å². The lowest BCUT2D eigenvalue weighted by molar-refractivity contribution is 0.0358. The molecule has 0 spiro atoms. The minimum Gasteiger partial charge on any atom is -0.490 e. The molecule has 3 heterocycles. The molecule has 1 amide bonds. The minimum absolute atomic E-state index is 0.109. The highest BCUT2D eigenvalue weighted by molar-refractivity contribution is 7.98. The number of piperidine rings is 1. The van der Waals surface area contributed by atoms with Gasteiger partial charge in [0, 0.05) is 47.2 Å². The van der Waals surface area contributed by atoms with Crippen molar-refractivity contribution >= 4 is 17.7 Å². The summed E-state index contributed by atoms with van der Waals surface area (Å²) in [6, 6.07) is 23.2. The molecule has 2 atom stereocenters. The van der Waals surface area contributed by atoms with E-state index < -0.39 is 0 Å². The number of carbonyl (C=O) groups is 1. The maximum absolute atomic E-state index is 13.5. The number of fused-ring (bicyclic) bond motifs is 3. The van der Waals surface area contributed by atoms with E-state index in [2.05, 4.69) is 48.2 Å². The van der Waals surface area contributed by atoms with Crippen LogP contribution in [-0.2, 0) is 12.2 Å². The van der Waals surface area contributed by atoms with Crippen LogP contribution >= 0.6 is 11.8 Å². The lowest BCUT2D eigenvalue weighted by Gasteiger charge is -2.39. The summed E-state index contributed by atoms with van der Waals surface area (Å²) in [7, 11) is 0. The van der Waals surface area contributed by atoms with E-state index >= 15 is 0 Å². The molecule has 3 aliphatic heterocycles. The summed E-state index contributed by atoms with van der Waals surface area (Å²) in [6.45, 7) is 2.43. The average Bonchev–Trinajstić information content (AvgIpc) is 3.49. The Bertz CT molecular complexity index is 1210. The van der Waals surface area contributed by atoms with E-state index in [0.717, 1.165) is 60.7 Å². The van der Waals surface area contributed by atoms with Crippen LogP contribution in [-0.4, -0.2) is 35.8 Å². The number of hydrogen-bond donors (Lipinski definition) is 0. The predicted molar refractivity (Wildman–Crippen MR) is 141 cm³/mol. The second-order valence-corrected chi connectivity index (χ2v) is 10.9. The topological polar surface area (TPSA) is 48.0 Å². The summed E-state index contributed by atoms with van der Waals surface area (Å²) in [5, 5.41) is 0. The summed E-state index contributed by atoms with van der Waals surface area (Å²) in [6.07, 6.45) is 4.99. The van der Waals surface area contributed by atoms with Crippen LogP contribution in [0, 0.1) is 0 Å². The van der Waals surface area contributed by atoms with Gasteiger partial charge in [0.25, 0.3) is 5.91 Å². The smallest absolute Gasteiger partial charge is 0.254 e. The Labute approximate surface area is 216 Å². The summed E-state index contributed by atoms with van der Waals surface area (Å²) in [5.41, 5.74) is 3.37. The first-order valence-electron chi connectivity index (χ1n) is 12.9. The van der Waals surface area contributed by atoms with Crippen molar-refractivity contribution in [3.63, 3.8) is 0 Å². The van der Waals surface area contributed by atoms with Crippen molar-refractivity contribution in [1.29, 1.82) is 0 Å². The van der Waals surface area contributed by atoms with Crippen LogP contribution in [0.3, 0.4) is 0 Å². The summed E-state index contributed by atoms with van der Waals surface area (Å²) >= 11 is 1.83. The standard InChI is InChI=1S/C30H31NO4S/c1-2-20-5-12-27(13-6-20)36-18-21-3-7-22(8-4-21)30(32)31-23-9-10-24(31)16-26(15-23)35-25-11-14-28-29(17-25)34-19-33-28/h3-8,11-14,17,23-24,26H,2,9-10,15-16,18-19H2,1H3/t23-,24-/m0/s1. The van der Waals surface area contributed by atoms with E-state index in [1.54, 1.807) is 0 Å². The number of ether oxygens (including phenoxy) is 3. The van der Waals surface area contributed by atoms with E-state index in [4.69, 9.17) is 14.2 Å². The number of carbonyl (C=O) groups excluding carboxylic acids is 1. The monoisotopic (exact) mass is 501 g/mol. The fourth-order valence-electron chi connectivity index (χ4n) is 5.58. The van der Waals surface area contributed by atoms with E-state index in [9.17, 15) is 4.79 Å². The molecule has 6 heteroatoms. The average molecular weight is 502 g/mol. The van der Waals surface area contributed by atoms with Gasteiger partial charge >= 0.3 is 0 Å². The SMILES string of the molecule is CCc1ccc(SCc2ccc(C(=O)N3[C@H]4CC[C@H]3CC(Oc3ccc5c(c3)OCO5)C4)cc2)cc1. The summed E-state index contributed by atoms with van der Waals surface area (Å²) < 4.78 is 17.2. The Hall–Kier alpha value is -3.12. The number of thioether (sulfide) groups is 1. The van der Waals surface area contributed by atoms with Gasteiger partial charge in [-0.3, -0.25) is 4.79 Å². The van der Waals surface area contributed by atoms with Crippen LogP contribution in [0.15, 0.2) is 71.6 Å². The van der Waals surface area contributed by atoms with Gasteiger partial charge in [0.15, 0.2) is 11.5 Å². The lowest BCUT2D eigenvalue weighted by atomic mass is 9.98. The number of rotatable bonds is 7. The van der Waals surface area contributed by atoms with Crippen LogP contribution in [0.2, 0.25) is 0 Å². The van der Waals surface area contributed by atoms with Gasteiger partial charge in [-0.1, -0.05) is 31.2 Å². The third-order valence-electron chi connectivity index (χ3n) is 7.51. The van der Waals surface area contributed by atoms with Crippen molar-refractivity contribution in [2.75, 3.05) is 6.79 Å². The van der Waals surface area contributed by atoms with Crippen molar-refractivity contribution in [2.45, 2.75) is 67.9 Å². The first kappa shape index (κ1) is 23.3. The van der Waals surface area contributed by atoms with Crippen molar-refractivity contribution < 1.29 is 19.0 Å². The third-order valence-corrected chi connectivity index (χ3v) is 8.59. The van der Waals surface area contributed by atoms with Crippen LogP contribution in [0.5, 0.6) is 17.2 Å². The first-order valence-corrected chi connectivity index (χ1v) is 13.8. The van der Waals surface area contributed by atoms with Gasteiger partial charge < -0.3 is 19.1 Å². The largest absolute Gasteiger partial charge is 0.490 e. The highest BCUT2D eigenvalue weighted by Crippen LogP contribution is 2.40. The molecule has 0 N–H and O–H groups in total. The van der Waals surface area contributed by atoms with Crippen LogP contribution in [0.4, 0.5) is 0 Å². The van der Waals surface area contributed by atoms with Crippen LogP contribution < -0.4 is 14.2 Å². The van der Waals surface area contributed by atoms with E-state index in [0.29, 0.717) is 0 Å². The molecule has 3 aromatic carbocycles. The number of nitrogens with zero attached hydrogens (tertiary/aromatic N) is 1. The lowest BCUT2D eigenvalue weighted by Crippen LogP contribution is -2.49. The van der Waals surface area contributed by atoms with Gasteiger partial charge in [-0.05, 0) is 66.8 Å². The molecule has 0 saturated carbocycles. The predicted octanol–water partition coefficient (Wildman–Crippen LogP) is 6.48. The molecular formula is C30H31NO4S. The van der Waals surface area contributed by atoms with Gasteiger partial charge in [0.2, 0.25) is 6.79 Å². The van der Waals surface area contributed by atoms with Crippen LogP contribution in [0.25, 0.3) is 0 Å². The second kappa shape index (κ2) is 10.1. The molecule has 5 nitrogen and oxygen atoms in total. The minimum atomic E-state index is 0.109. The molecular weight excluding hydrogens is 470 g/mol. The zero-order valence-electron chi connectivity index (χ0n) is 20.5. The maximum Gasteiger partial charge on any atom is 0.254 e. The molecule has 0 unspecified atom stereocenters. The second-order valence-electron chi connectivity index (χ2n) is 9.81. The Kier molecular flexibility index (Phi) is 6.53. The van der Waals surface area contributed by atoms with Crippen molar-refractivity contribution in [2.24, 2.45) is 0 Å². The highest BCUT2D eigenvalue weighted by Gasteiger charge is 2.44. The molecule has 36 heavy (non-hydrogen) atoms. The normalized spacial score (nSPS) is 22.0. The molecule has 0 radical (unpaired) electrons. The Morgan fingerprint density at radius 2 is 1.61 bits per heavy atom. The van der Waals surface area contributed by atoms with Crippen LogP contribution in [0.1, 0.15) is 54.1 Å². The fourth-order valence-corrected chi connectivity index (χ4v) is 6.43. The quantitative estimate of drug-likeness (QED) is 0.347. The van der Waals surface area contributed by atoms with E-state index in [-0.39, 0.29) is 30.9 Å². The maximum atomic E-state index is 13.5. The number of amides is 1. The molecule has 3 aromatic rings. The third kappa shape index (κ3) is 4.79. The molecule has 2 saturated heterocycles. The number of benzene rings is 3. The van der Waals surface area contributed by atoms with Gasteiger partial charge in [-0.25, -0.2) is 0 Å². The van der Waals surface area contributed by atoms with Gasteiger partial charge in [0.05, 0.1) is 0 Å². The number of aryl methyl sites for hydroxylation is 1. The van der Waals surface area contributed by atoms with E-state index in [1.807, 2.05) is 42.1 Å². The Balaban J connectivity index is 1.06. The van der Waals surface area contributed by atoms with Crippen molar-refractivity contribution in [3.8, 4) is 17.2 Å². The molecule has 0 aliphatic carbocycles. The number of hydrogen-bond acceptors (Lipinski definition) is 5. The fraction of sp³-hybridized carbons (Fsp3) is 0.367. The summed E-state index contributed by atoms with van der Waals surface area (Å²) in [5.74, 6) is 3.35. The Morgan fingerprint density at radius 1 is 0.917 bits per heavy atom. The highest BCUT2D eigenvalue weighted by atomic mass is 32.2. The molecule has 6 rings (SSSR count). The summed E-state index contributed by atoms with van der Waals surface area (Å²) in [4.78, 5) is 16.9. The van der Waals surface area contributed by atoms with Gasteiger partial charge in [-0.2, -0.15) is 0 Å². The van der Waals surface area contributed by atoms with Crippen molar-refractivity contribution in [1.82, 2.24) is 4.90 Å². The van der Waals surface area contributed by atoms with Gasteiger partial charge in [-0.15, -0.1) is 11.8 Å².